The Hall–Kier alpha value is -4.99. The van der Waals surface area contributed by atoms with Gasteiger partial charge in [-0.1, -0.05) is 12.1 Å². The minimum Gasteiger partial charge on any atom is -0.394 e. The van der Waals surface area contributed by atoms with Crippen LogP contribution in [0.5, 0.6) is 0 Å². The molecular weight excluding hydrogens is 520 g/mol. The smallest absolute Gasteiger partial charge is 0.276 e. The highest BCUT2D eigenvalue weighted by atomic mass is 19.1. The number of halogens is 2. The predicted molar refractivity (Wildman–Crippen MR) is 143 cm³/mol. The van der Waals surface area contributed by atoms with E-state index in [1.807, 2.05) is 4.90 Å². The summed E-state index contributed by atoms with van der Waals surface area (Å²) in [5, 5.41) is 26.0. The van der Waals surface area contributed by atoms with Crippen molar-refractivity contribution in [2.45, 2.75) is 12.0 Å². The number of nitrogens with one attached hydrogen (secondary N) is 1. The molecule has 1 saturated heterocycles. The molecule has 3 heterocycles. The van der Waals surface area contributed by atoms with Gasteiger partial charge >= 0.3 is 0 Å². The molecule has 0 spiro atoms. The maximum atomic E-state index is 14.3. The van der Waals surface area contributed by atoms with Gasteiger partial charge in [-0.3, -0.25) is 14.6 Å². The molecule has 5 rings (SSSR count). The fourth-order valence-electron chi connectivity index (χ4n) is 4.59. The first-order valence-electron chi connectivity index (χ1n) is 12.2. The van der Waals surface area contributed by atoms with E-state index in [2.05, 4.69) is 21.5 Å². The van der Waals surface area contributed by atoms with Crippen LogP contribution in [0, 0.1) is 23.0 Å². The Balaban J connectivity index is 1.54. The SMILES string of the molecule is N#Cc1ccncc1-c1ccc(NC(=O)c2ccc(=O)n(-c3c(F)cccc3F)n2)c(N2CCC(N)(CO)C2)c1. The molecule has 1 atom stereocenters. The van der Waals surface area contributed by atoms with Crippen LogP contribution in [-0.2, 0) is 0 Å². The van der Waals surface area contributed by atoms with Gasteiger partial charge in [-0.25, -0.2) is 8.78 Å². The van der Waals surface area contributed by atoms with Crippen LogP contribution in [0.2, 0.25) is 0 Å². The number of aliphatic hydroxyl groups excluding tert-OH is 1. The molecule has 40 heavy (non-hydrogen) atoms. The molecule has 1 aliphatic rings. The number of hydrogen-bond acceptors (Lipinski definition) is 8. The number of aromatic nitrogens is 3. The summed E-state index contributed by atoms with van der Waals surface area (Å²) in [7, 11) is 0. The molecule has 1 unspecified atom stereocenters. The highest BCUT2D eigenvalue weighted by molar-refractivity contribution is 6.05. The predicted octanol–water partition coefficient (Wildman–Crippen LogP) is 2.60. The Labute approximate surface area is 226 Å². The summed E-state index contributed by atoms with van der Waals surface area (Å²) in [5.41, 5.74) is 6.26. The van der Waals surface area contributed by atoms with Gasteiger partial charge in [0, 0.05) is 37.1 Å². The highest BCUT2D eigenvalue weighted by Crippen LogP contribution is 2.36. The Morgan fingerprint density at radius 2 is 1.95 bits per heavy atom. The van der Waals surface area contributed by atoms with E-state index >= 15 is 0 Å². The Morgan fingerprint density at radius 3 is 2.65 bits per heavy atom. The van der Waals surface area contributed by atoms with Crippen molar-refractivity contribution in [1.82, 2.24) is 14.8 Å². The van der Waals surface area contributed by atoms with E-state index < -0.39 is 34.3 Å². The Morgan fingerprint density at radius 1 is 1.18 bits per heavy atom. The number of carbonyl (C=O) groups excluding carboxylic acids is 1. The summed E-state index contributed by atoms with van der Waals surface area (Å²) in [5.74, 6) is -2.76. The molecule has 1 aliphatic heterocycles. The van der Waals surface area contributed by atoms with Crippen LogP contribution in [0.15, 0.2) is 71.8 Å². The van der Waals surface area contributed by atoms with Crippen LogP contribution in [-0.4, -0.2) is 51.0 Å². The molecule has 2 aromatic carbocycles. The molecule has 4 aromatic rings. The summed E-state index contributed by atoms with van der Waals surface area (Å²) in [6.07, 6.45) is 3.58. The van der Waals surface area contributed by atoms with Crippen LogP contribution in [0.4, 0.5) is 20.2 Å². The lowest BCUT2D eigenvalue weighted by Gasteiger charge is -2.26. The number of nitrogens with zero attached hydrogens (tertiary/aromatic N) is 5. The summed E-state index contributed by atoms with van der Waals surface area (Å²) in [6.45, 7) is 0.547. The highest BCUT2D eigenvalue weighted by Gasteiger charge is 2.35. The lowest BCUT2D eigenvalue weighted by atomic mass is 10.0. The first kappa shape index (κ1) is 26.6. The van der Waals surface area contributed by atoms with E-state index in [1.54, 1.807) is 30.5 Å². The van der Waals surface area contributed by atoms with Crippen molar-refractivity contribution in [3.63, 3.8) is 0 Å². The third-order valence-corrected chi connectivity index (χ3v) is 6.72. The number of amides is 1. The van der Waals surface area contributed by atoms with E-state index in [4.69, 9.17) is 5.73 Å². The largest absolute Gasteiger partial charge is 0.394 e. The van der Waals surface area contributed by atoms with Crippen molar-refractivity contribution in [3.8, 4) is 22.9 Å². The van der Waals surface area contributed by atoms with Crippen LogP contribution >= 0.6 is 0 Å². The number of hydrogen-bond donors (Lipinski definition) is 3. The molecule has 0 radical (unpaired) electrons. The lowest BCUT2D eigenvalue weighted by molar-refractivity contribution is 0.102. The van der Waals surface area contributed by atoms with E-state index in [0.29, 0.717) is 52.3 Å². The number of para-hydroxylation sites is 1. The Kier molecular flexibility index (Phi) is 7.08. The number of carbonyl (C=O) groups is 1. The van der Waals surface area contributed by atoms with Crippen molar-refractivity contribution in [3.05, 3.63) is 100 Å². The lowest BCUT2D eigenvalue weighted by Crippen LogP contribution is -2.46. The minimum absolute atomic E-state index is 0.232. The van der Waals surface area contributed by atoms with E-state index in [0.717, 1.165) is 30.3 Å². The summed E-state index contributed by atoms with van der Waals surface area (Å²) in [6, 6.07) is 14.1. The van der Waals surface area contributed by atoms with Gasteiger partial charge in [0.15, 0.2) is 11.6 Å². The summed E-state index contributed by atoms with van der Waals surface area (Å²) >= 11 is 0. The number of pyridine rings is 1. The van der Waals surface area contributed by atoms with Crippen LogP contribution < -0.4 is 21.5 Å². The third-order valence-electron chi connectivity index (χ3n) is 6.72. The minimum atomic E-state index is -1.01. The van der Waals surface area contributed by atoms with Gasteiger partial charge in [0.05, 0.1) is 35.2 Å². The molecule has 1 fully saturated rings. The van der Waals surface area contributed by atoms with Crippen molar-refractivity contribution in [2.75, 3.05) is 29.9 Å². The van der Waals surface area contributed by atoms with Gasteiger partial charge < -0.3 is 21.1 Å². The quantitative estimate of drug-likeness (QED) is 0.336. The van der Waals surface area contributed by atoms with Gasteiger partial charge in [-0.2, -0.15) is 15.0 Å². The molecule has 0 saturated carbocycles. The second-order valence-electron chi connectivity index (χ2n) is 9.45. The molecule has 202 valence electrons. The maximum Gasteiger partial charge on any atom is 0.276 e. The monoisotopic (exact) mass is 543 g/mol. The van der Waals surface area contributed by atoms with Crippen LogP contribution in [0.25, 0.3) is 16.8 Å². The zero-order valence-corrected chi connectivity index (χ0v) is 21.0. The molecule has 4 N–H and O–H groups in total. The fourth-order valence-corrected chi connectivity index (χ4v) is 4.59. The number of anilines is 2. The first-order chi connectivity index (χ1) is 19.2. The van der Waals surface area contributed by atoms with Gasteiger partial charge in [0.2, 0.25) is 0 Å². The van der Waals surface area contributed by atoms with Gasteiger partial charge in [-0.05, 0) is 48.4 Å². The zero-order chi connectivity index (χ0) is 28.4. The van der Waals surface area contributed by atoms with Gasteiger partial charge in [0.25, 0.3) is 11.5 Å². The second-order valence-corrected chi connectivity index (χ2v) is 9.45. The van der Waals surface area contributed by atoms with Gasteiger partial charge in [0.1, 0.15) is 11.4 Å². The van der Waals surface area contributed by atoms with Crippen molar-refractivity contribution >= 4 is 17.3 Å². The molecule has 1 amide bonds. The zero-order valence-electron chi connectivity index (χ0n) is 21.0. The fraction of sp³-hybridized carbons (Fsp3) is 0.179. The molecule has 0 aliphatic carbocycles. The topological polar surface area (TPSA) is 150 Å². The van der Waals surface area contributed by atoms with E-state index in [-0.39, 0.29) is 12.3 Å². The number of rotatable bonds is 6. The maximum absolute atomic E-state index is 14.3. The number of nitriles is 1. The van der Waals surface area contributed by atoms with Crippen molar-refractivity contribution in [1.29, 1.82) is 5.26 Å². The third kappa shape index (κ3) is 5.03. The van der Waals surface area contributed by atoms with Crippen LogP contribution in [0.3, 0.4) is 0 Å². The molecule has 2 aromatic heterocycles. The molecule has 0 bridgehead atoms. The van der Waals surface area contributed by atoms with E-state index in [9.17, 15) is 28.7 Å². The van der Waals surface area contributed by atoms with Crippen molar-refractivity contribution < 1.29 is 18.7 Å². The average molecular weight is 544 g/mol. The summed E-state index contributed by atoms with van der Waals surface area (Å²) in [4.78, 5) is 31.7. The first-order valence-corrected chi connectivity index (χ1v) is 12.2. The standard InChI is InChI=1S/C28H23F2N7O3/c29-20-2-1-3-21(30)26(20)37-25(39)7-6-23(35-37)27(40)34-22-5-4-17(19-14-33-10-8-18(19)13-31)12-24(22)36-11-9-28(32,15-36)16-38/h1-8,10,12,14,38H,9,11,15-16,32H2,(H,34,40). The average Bonchev–Trinajstić information content (AvgIpc) is 3.36. The van der Waals surface area contributed by atoms with E-state index in [1.165, 1.54) is 6.20 Å². The molecule has 10 nitrogen and oxygen atoms in total. The second kappa shape index (κ2) is 10.6. The van der Waals surface area contributed by atoms with Crippen LogP contribution in [0.1, 0.15) is 22.5 Å². The van der Waals surface area contributed by atoms with Crippen molar-refractivity contribution in [2.24, 2.45) is 5.73 Å². The summed E-state index contributed by atoms with van der Waals surface area (Å²) < 4.78 is 29.2. The van der Waals surface area contributed by atoms with Gasteiger partial charge in [-0.15, -0.1) is 0 Å². The number of aliphatic hydroxyl groups is 1. The molecule has 12 heteroatoms. The number of nitrogens with two attached hydrogens (primary N) is 1. The normalized spacial score (nSPS) is 16.5. The number of benzene rings is 2. The Bertz CT molecular complexity index is 1700. The molecular formula is C28H23F2N7O3.